The van der Waals surface area contributed by atoms with Gasteiger partial charge in [0.05, 0.1) is 12.7 Å². The van der Waals surface area contributed by atoms with Crippen molar-refractivity contribution in [2.24, 2.45) is 5.73 Å². The molecule has 110 valence electrons. The number of nitrogens with zero attached hydrogens (tertiary/aromatic N) is 1. The summed E-state index contributed by atoms with van der Waals surface area (Å²) in [6.45, 7) is 6.96. The average molecular weight is 274 g/mol. The molecule has 3 heteroatoms. The van der Waals surface area contributed by atoms with Crippen molar-refractivity contribution < 1.29 is 4.74 Å². The second-order valence-electron chi connectivity index (χ2n) is 5.45. The molecule has 0 fully saturated rings. The number of hydrogen-bond donors (Lipinski definition) is 1. The van der Waals surface area contributed by atoms with E-state index in [9.17, 15) is 0 Å². The van der Waals surface area contributed by atoms with Crippen molar-refractivity contribution in [3.05, 3.63) is 29.8 Å². The molecular weight excluding hydrogens is 248 g/mol. The van der Waals surface area contributed by atoms with Crippen LogP contribution >= 0.6 is 0 Å². The maximum Gasteiger partial charge on any atom is 0.119 e. The Morgan fingerprint density at radius 1 is 1.30 bits per heavy atom. The fourth-order valence-electron chi connectivity index (χ4n) is 2.02. The van der Waals surface area contributed by atoms with Crippen LogP contribution in [0.2, 0.25) is 0 Å². The predicted octanol–water partition coefficient (Wildman–Crippen LogP) is 3.99. The molecular formula is C17H26N2O. The van der Waals surface area contributed by atoms with E-state index in [4.69, 9.17) is 15.7 Å². The lowest BCUT2D eigenvalue weighted by Gasteiger charge is -2.19. The lowest BCUT2D eigenvalue weighted by molar-refractivity contribution is 0.291. The Morgan fingerprint density at radius 3 is 2.45 bits per heavy atom. The molecule has 1 rings (SSSR count). The standard InChI is InChI=1S/C17H26N2O/c1-4-14(3)15-7-9-16(10-8-15)20-12-6-11-17(19,5-2)13-18/h7-10,14H,4-6,11-12,19H2,1-3H3. The van der Waals surface area contributed by atoms with Gasteiger partial charge in [-0.05, 0) is 49.3 Å². The van der Waals surface area contributed by atoms with E-state index in [0.717, 1.165) is 18.6 Å². The Kier molecular flexibility index (Phi) is 6.54. The number of hydrogen-bond acceptors (Lipinski definition) is 3. The number of rotatable bonds is 8. The monoisotopic (exact) mass is 274 g/mol. The highest BCUT2D eigenvalue weighted by Gasteiger charge is 2.20. The fourth-order valence-corrected chi connectivity index (χ4v) is 2.02. The minimum Gasteiger partial charge on any atom is -0.494 e. The highest BCUT2D eigenvalue weighted by molar-refractivity contribution is 5.29. The van der Waals surface area contributed by atoms with Crippen molar-refractivity contribution in [2.75, 3.05) is 6.61 Å². The van der Waals surface area contributed by atoms with Gasteiger partial charge in [0.25, 0.3) is 0 Å². The van der Waals surface area contributed by atoms with Crippen LogP contribution in [0.25, 0.3) is 0 Å². The van der Waals surface area contributed by atoms with Gasteiger partial charge < -0.3 is 10.5 Å². The highest BCUT2D eigenvalue weighted by atomic mass is 16.5. The molecule has 0 aliphatic heterocycles. The van der Waals surface area contributed by atoms with Gasteiger partial charge in [-0.2, -0.15) is 5.26 Å². The Balaban J connectivity index is 2.38. The van der Waals surface area contributed by atoms with E-state index in [-0.39, 0.29) is 0 Å². The Labute approximate surface area is 122 Å². The molecule has 0 saturated carbocycles. The third-order valence-corrected chi connectivity index (χ3v) is 3.95. The number of ether oxygens (including phenoxy) is 1. The lowest BCUT2D eigenvalue weighted by atomic mass is 9.94. The van der Waals surface area contributed by atoms with Crippen LogP contribution in [-0.2, 0) is 0 Å². The molecule has 0 aliphatic rings. The third-order valence-electron chi connectivity index (χ3n) is 3.95. The average Bonchev–Trinajstić information content (AvgIpc) is 2.51. The van der Waals surface area contributed by atoms with Gasteiger partial charge in [0.15, 0.2) is 0 Å². The van der Waals surface area contributed by atoms with Crippen LogP contribution in [0.15, 0.2) is 24.3 Å². The second-order valence-corrected chi connectivity index (χ2v) is 5.45. The van der Waals surface area contributed by atoms with Crippen LogP contribution in [0.4, 0.5) is 0 Å². The quantitative estimate of drug-likeness (QED) is 0.729. The van der Waals surface area contributed by atoms with E-state index >= 15 is 0 Å². The zero-order chi connectivity index (χ0) is 15.0. The van der Waals surface area contributed by atoms with E-state index in [0.29, 0.717) is 25.4 Å². The van der Waals surface area contributed by atoms with Crippen molar-refractivity contribution in [3.8, 4) is 11.8 Å². The van der Waals surface area contributed by atoms with Gasteiger partial charge in [0.2, 0.25) is 0 Å². The van der Waals surface area contributed by atoms with Crippen LogP contribution in [0.3, 0.4) is 0 Å². The fraction of sp³-hybridized carbons (Fsp3) is 0.588. The summed E-state index contributed by atoms with van der Waals surface area (Å²) in [4.78, 5) is 0. The Hall–Kier alpha value is -1.53. The molecule has 0 radical (unpaired) electrons. The summed E-state index contributed by atoms with van der Waals surface area (Å²) < 4.78 is 5.69. The zero-order valence-electron chi connectivity index (χ0n) is 12.9. The largest absolute Gasteiger partial charge is 0.494 e. The molecule has 3 nitrogen and oxygen atoms in total. The molecule has 2 N–H and O–H groups in total. The van der Waals surface area contributed by atoms with Crippen molar-refractivity contribution in [1.82, 2.24) is 0 Å². The first-order valence-corrected chi connectivity index (χ1v) is 7.47. The Morgan fingerprint density at radius 2 is 1.95 bits per heavy atom. The molecule has 0 bridgehead atoms. The molecule has 0 spiro atoms. The molecule has 0 aromatic heterocycles. The van der Waals surface area contributed by atoms with Crippen LogP contribution in [0, 0.1) is 11.3 Å². The summed E-state index contributed by atoms with van der Waals surface area (Å²) in [6, 6.07) is 10.5. The van der Waals surface area contributed by atoms with Crippen LogP contribution in [0.5, 0.6) is 5.75 Å². The molecule has 1 aromatic rings. The van der Waals surface area contributed by atoms with E-state index in [1.54, 1.807) is 0 Å². The highest BCUT2D eigenvalue weighted by Crippen LogP contribution is 2.22. The molecule has 20 heavy (non-hydrogen) atoms. The summed E-state index contributed by atoms with van der Waals surface area (Å²) >= 11 is 0. The van der Waals surface area contributed by atoms with Gasteiger partial charge in [-0.1, -0.05) is 32.9 Å². The van der Waals surface area contributed by atoms with Gasteiger partial charge in [-0.25, -0.2) is 0 Å². The third kappa shape index (κ3) is 4.86. The first-order valence-electron chi connectivity index (χ1n) is 7.47. The number of nitriles is 1. The van der Waals surface area contributed by atoms with Gasteiger partial charge in [-0.3, -0.25) is 0 Å². The lowest BCUT2D eigenvalue weighted by Crippen LogP contribution is -2.37. The van der Waals surface area contributed by atoms with E-state index in [1.807, 2.05) is 19.1 Å². The van der Waals surface area contributed by atoms with Crippen molar-refractivity contribution in [1.29, 1.82) is 5.26 Å². The second kappa shape index (κ2) is 7.91. The van der Waals surface area contributed by atoms with Crippen LogP contribution in [-0.4, -0.2) is 12.1 Å². The van der Waals surface area contributed by atoms with Gasteiger partial charge in [-0.15, -0.1) is 0 Å². The smallest absolute Gasteiger partial charge is 0.119 e. The molecule has 0 heterocycles. The molecule has 2 atom stereocenters. The SMILES string of the molecule is CCC(C)c1ccc(OCCCC(N)(C#N)CC)cc1. The number of benzene rings is 1. The van der Waals surface area contributed by atoms with E-state index in [1.165, 1.54) is 5.56 Å². The van der Waals surface area contributed by atoms with Gasteiger partial charge in [0, 0.05) is 0 Å². The van der Waals surface area contributed by atoms with E-state index in [2.05, 4.69) is 32.0 Å². The summed E-state index contributed by atoms with van der Waals surface area (Å²) in [5.41, 5.74) is 6.57. The zero-order valence-corrected chi connectivity index (χ0v) is 12.9. The van der Waals surface area contributed by atoms with E-state index < -0.39 is 5.54 Å². The first kappa shape index (κ1) is 16.5. The predicted molar refractivity (Wildman–Crippen MR) is 82.7 cm³/mol. The summed E-state index contributed by atoms with van der Waals surface area (Å²) in [5.74, 6) is 1.47. The summed E-state index contributed by atoms with van der Waals surface area (Å²) in [5, 5.41) is 8.99. The van der Waals surface area contributed by atoms with Gasteiger partial charge >= 0.3 is 0 Å². The molecule has 0 aliphatic carbocycles. The van der Waals surface area contributed by atoms with Crippen LogP contribution in [0.1, 0.15) is 57.9 Å². The minimum absolute atomic E-state index is 0.585. The van der Waals surface area contributed by atoms with Crippen molar-refractivity contribution in [3.63, 3.8) is 0 Å². The Bertz CT molecular complexity index is 435. The van der Waals surface area contributed by atoms with Gasteiger partial charge in [0.1, 0.15) is 11.3 Å². The van der Waals surface area contributed by atoms with Crippen LogP contribution < -0.4 is 10.5 Å². The summed E-state index contributed by atoms with van der Waals surface area (Å²) in [6.07, 6.45) is 3.28. The van der Waals surface area contributed by atoms with Crippen molar-refractivity contribution >= 4 is 0 Å². The normalized spacial score (nSPS) is 15.2. The molecule has 1 aromatic carbocycles. The first-order chi connectivity index (χ1) is 9.54. The maximum atomic E-state index is 8.99. The molecule has 0 saturated heterocycles. The summed E-state index contributed by atoms with van der Waals surface area (Å²) in [7, 11) is 0. The molecule has 2 unspecified atom stereocenters. The maximum absolute atomic E-state index is 8.99. The van der Waals surface area contributed by atoms with Crippen molar-refractivity contribution in [2.45, 2.75) is 57.9 Å². The number of nitrogens with two attached hydrogens (primary N) is 1. The topological polar surface area (TPSA) is 59.0 Å². The molecule has 0 amide bonds. The minimum atomic E-state index is -0.705.